The van der Waals surface area contributed by atoms with E-state index in [1.54, 1.807) is 66.3 Å². The van der Waals surface area contributed by atoms with Gasteiger partial charge in [0, 0.05) is 49.2 Å². The monoisotopic (exact) mass is 424 g/mol. The molecule has 1 aromatic carbocycles. The number of nitrogens with one attached hydrogen (secondary N) is 1. The zero-order chi connectivity index (χ0) is 21.3. The number of aromatic nitrogens is 4. The molecule has 1 atom stereocenters. The fraction of sp³-hybridized carbons (Fsp3) is 0.286. The Balaban J connectivity index is 1.44. The Bertz CT molecular complexity index is 1100. The van der Waals surface area contributed by atoms with Crippen LogP contribution in [0.15, 0.2) is 42.7 Å². The minimum absolute atomic E-state index is 0.0363. The Morgan fingerprint density at radius 3 is 2.63 bits per heavy atom. The number of anilines is 1. The average Bonchev–Trinajstić information content (AvgIpc) is 3.38. The van der Waals surface area contributed by atoms with Crippen LogP contribution in [0.25, 0.3) is 0 Å². The van der Waals surface area contributed by atoms with Crippen molar-refractivity contribution in [1.29, 1.82) is 0 Å². The summed E-state index contributed by atoms with van der Waals surface area (Å²) >= 11 is 5.87. The fourth-order valence-electron chi connectivity index (χ4n) is 3.54. The van der Waals surface area contributed by atoms with Crippen molar-refractivity contribution in [2.45, 2.75) is 19.3 Å². The number of aryl methyl sites for hydroxylation is 2. The average molecular weight is 425 g/mol. The lowest BCUT2D eigenvalue weighted by Gasteiger charge is -2.16. The Hall–Kier alpha value is -3.26. The molecule has 2 aromatic heterocycles. The van der Waals surface area contributed by atoms with Crippen LogP contribution in [0.4, 0.5) is 5.69 Å². The van der Waals surface area contributed by atoms with E-state index in [-0.39, 0.29) is 17.7 Å². The molecule has 0 unspecified atom stereocenters. The normalized spacial score (nSPS) is 16.0. The number of hydrogen-bond donors (Lipinski definition) is 1. The van der Waals surface area contributed by atoms with Crippen LogP contribution in [-0.4, -0.2) is 49.6 Å². The number of carbonyl (C=O) groups excluding carboxylic acids is 2. The van der Waals surface area contributed by atoms with E-state index >= 15 is 0 Å². The standard InChI is InChI=1S/C21H21ClN6O2/c1-13-17(20(29)26-16-5-3-15(22)4-6-16)11-23-19(25-13)14-8-10-28(12-14)21(30)18-7-9-24-27(18)2/h3-7,9,11,14H,8,10,12H2,1-2H3,(H,26,29)/t14-/m1/s1. The minimum Gasteiger partial charge on any atom is -0.337 e. The topological polar surface area (TPSA) is 93.0 Å². The highest BCUT2D eigenvalue weighted by Gasteiger charge is 2.31. The lowest BCUT2D eigenvalue weighted by molar-refractivity contribution is 0.0779. The summed E-state index contributed by atoms with van der Waals surface area (Å²) in [6.45, 7) is 2.96. The maximum absolute atomic E-state index is 12.7. The van der Waals surface area contributed by atoms with Crippen molar-refractivity contribution in [2.75, 3.05) is 18.4 Å². The Morgan fingerprint density at radius 2 is 1.97 bits per heavy atom. The molecule has 1 N–H and O–H groups in total. The summed E-state index contributed by atoms with van der Waals surface area (Å²) in [6.07, 6.45) is 3.94. The van der Waals surface area contributed by atoms with Crippen molar-refractivity contribution in [1.82, 2.24) is 24.6 Å². The van der Waals surface area contributed by atoms with Gasteiger partial charge in [0.1, 0.15) is 11.5 Å². The van der Waals surface area contributed by atoms with Gasteiger partial charge in [0.15, 0.2) is 0 Å². The molecule has 154 valence electrons. The first-order valence-electron chi connectivity index (χ1n) is 9.60. The van der Waals surface area contributed by atoms with Gasteiger partial charge < -0.3 is 10.2 Å². The highest BCUT2D eigenvalue weighted by molar-refractivity contribution is 6.30. The van der Waals surface area contributed by atoms with Crippen molar-refractivity contribution < 1.29 is 9.59 Å². The van der Waals surface area contributed by atoms with Crippen LogP contribution >= 0.6 is 11.6 Å². The van der Waals surface area contributed by atoms with Crippen LogP contribution < -0.4 is 5.32 Å². The summed E-state index contributed by atoms with van der Waals surface area (Å²) in [5.74, 6) is 0.360. The van der Waals surface area contributed by atoms with Crippen molar-refractivity contribution in [3.8, 4) is 0 Å². The van der Waals surface area contributed by atoms with Crippen LogP contribution in [-0.2, 0) is 7.05 Å². The smallest absolute Gasteiger partial charge is 0.272 e. The second-order valence-corrected chi connectivity index (χ2v) is 7.70. The van der Waals surface area contributed by atoms with Crippen LogP contribution in [0.2, 0.25) is 5.02 Å². The molecule has 3 aromatic rings. The van der Waals surface area contributed by atoms with E-state index in [0.717, 1.165) is 6.42 Å². The predicted octanol–water partition coefficient (Wildman–Crippen LogP) is 3.05. The van der Waals surface area contributed by atoms with Gasteiger partial charge in [-0.1, -0.05) is 11.6 Å². The third-order valence-corrected chi connectivity index (χ3v) is 5.48. The number of rotatable bonds is 4. The highest BCUT2D eigenvalue weighted by Crippen LogP contribution is 2.26. The van der Waals surface area contributed by atoms with Crippen molar-refractivity contribution >= 4 is 29.1 Å². The first-order valence-corrected chi connectivity index (χ1v) is 9.98. The Kier molecular flexibility index (Phi) is 5.50. The molecule has 30 heavy (non-hydrogen) atoms. The third kappa shape index (κ3) is 4.04. The summed E-state index contributed by atoms with van der Waals surface area (Å²) in [5.41, 5.74) is 2.22. The molecular formula is C21H21ClN6O2. The van der Waals surface area contributed by atoms with Crippen LogP contribution in [0.3, 0.4) is 0 Å². The SMILES string of the molecule is Cc1nc([C@@H]2CCN(C(=O)c3ccnn3C)C2)ncc1C(=O)Nc1ccc(Cl)cc1. The fourth-order valence-corrected chi connectivity index (χ4v) is 3.66. The van der Waals surface area contributed by atoms with Crippen molar-refractivity contribution in [3.05, 3.63) is 70.5 Å². The molecule has 4 rings (SSSR count). The first-order chi connectivity index (χ1) is 14.4. The molecule has 1 aliphatic heterocycles. The lowest BCUT2D eigenvalue weighted by Crippen LogP contribution is -2.30. The van der Waals surface area contributed by atoms with Gasteiger partial charge in [0.25, 0.3) is 11.8 Å². The first kappa shape index (κ1) is 20.0. The highest BCUT2D eigenvalue weighted by atomic mass is 35.5. The summed E-state index contributed by atoms with van der Waals surface area (Å²) in [6, 6.07) is 8.60. The van der Waals surface area contributed by atoms with Crippen LogP contribution in [0.5, 0.6) is 0 Å². The van der Waals surface area contributed by atoms with E-state index in [2.05, 4.69) is 20.4 Å². The number of likely N-dealkylation sites (tertiary alicyclic amines) is 1. The molecule has 0 bridgehead atoms. The minimum atomic E-state index is -0.277. The van der Waals surface area contributed by atoms with E-state index in [9.17, 15) is 9.59 Å². The van der Waals surface area contributed by atoms with Gasteiger partial charge in [-0.05, 0) is 43.7 Å². The van der Waals surface area contributed by atoms with E-state index < -0.39 is 0 Å². The second kappa shape index (κ2) is 8.23. The summed E-state index contributed by atoms with van der Waals surface area (Å²) in [7, 11) is 1.75. The number of nitrogens with zero attached hydrogens (tertiary/aromatic N) is 5. The molecule has 0 saturated carbocycles. The Morgan fingerprint density at radius 1 is 1.20 bits per heavy atom. The number of benzene rings is 1. The summed E-state index contributed by atoms with van der Waals surface area (Å²) in [5, 5.41) is 7.48. The molecule has 9 heteroatoms. The quantitative estimate of drug-likeness (QED) is 0.694. The predicted molar refractivity (Wildman–Crippen MR) is 113 cm³/mol. The number of halogens is 1. The van der Waals surface area contributed by atoms with E-state index in [0.29, 0.717) is 46.6 Å². The van der Waals surface area contributed by atoms with Crippen molar-refractivity contribution in [2.24, 2.45) is 7.05 Å². The molecule has 1 fully saturated rings. The van der Waals surface area contributed by atoms with Gasteiger partial charge in [-0.2, -0.15) is 5.10 Å². The van der Waals surface area contributed by atoms with Crippen molar-refractivity contribution in [3.63, 3.8) is 0 Å². The maximum Gasteiger partial charge on any atom is 0.272 e. The molecular weight excluding hydrogens is 404 g/mol. The molecule has 1 aliphatic rings. The zero-order valence-electron chi connectivity index (χ0n) is 16.7. The number of carbonyl (C=O) groups is 2. The molecule has 0 aliphatic carbocycles. The number of amides is 2. The third-order valence-electron chi connectivity index (χ3n) is 5.23. The molecule has 2 amide bonds. The summed E-state index contributed by atoms with van der Waals surface area (Å²) < 4.78 is 1.57. The molecule has 0 radical (unpaired) electrons. The van der Waals surface area contributed by atoms with Crippen LogP contribution in [0, 0.1) is 6.92 Å². The number of hydrogen-bond acceptors (Lipinski definition) is 5. The molecule has 3 heterocycles. The largest absolute Gasteiger partial charge is 0.337 e. The lowest BCUT2D eigenvalue weighted by atomic mass is 10.1. The molecule has 0 spiro atoms. The maximum atomic E-state index is 12.7. The zero-order valence-corrected chi connectivity index (χ0v) is 17.4. The van der Waals surface area contributed by atoms with Gasteiger partial charge >= 0.3 is 0 Å². The van der Waals surface area contributed by atoms with E-state index in [1.165, 1.54) is 0 Å². The van der Waals surface area contributed by atoms with Gasteiger partial charge in [0.05, 0.1) is 11.3 Å². The van der Waals surface area contributed by atoms with Gasteiger partial charge in [-0.25, -0.2) is 9.97 Å². The Labute approximate surface area is 178 Å². The molecule has 1 saturated heterocycles. The van der Waals surface area contributed by atoms with Gasteiger partial charge in [-0.3, -0.25) is 14.3 Å². The summed E-state index contributed by atoms with van der Waals surface area (Å²) in [4.78, 5) is 36.0. The van der Waals surface area contributed by atoms with E-state index in [1.807, 2.05) is 0 Å². The second-order valence-electron chi connectivity index (χ2n) is 7.27. The molecule has 8 nitrogen and oxygen atoms in total. The van der Waals surface area contributed by atoms with Crippen LogP contribution in [0.1, 0.15) is 44.7 Å². The van der Waals surface area contributed by atoms with E-state index in [4.69, 9.17) is 11.6 Å². The van der Waals surface area contributed by atoms with Gasteiger partial charge in [-0.15, -0.1) is 0 Å². The van der Waals surface area contributed by atoms with Gasteiger partial charge in [0.2, 0.25) is 0 Å².